The first kappa shape index (κ1) is 24.1. The zero-order valence-electron chi connectivity index (χ0n) is 19.0. The summed E-state index contributed by atoms with van der Waals surface area (Å²) in [5, 5.41) is 2.97. The molecule has 3 heterocycles. The van der Waals surface area contributed by atoms with Gasteiger partial charge in [-0.05, 0) is 37.2 Å². The van der Waals surface area contributed by atoms with Crippen molar-refractivity contribution >= 4 is 17.7 Å². The molecule has 0 saturated carbocycles. The van der Waals surface area contributed by atoms with Crippen LogP contribution in [0.2, 0.25) is 0 Å². The van der Waals surface area contributed by atoms with Gasteiger partial charge >= 0.3 is 12.2 Å². The van der Waals surface area contributed by atoms with E-state index in [1.807, 2.05) is 11.0 Å². The number of hydrogen-bond donors (Lipinski definition) is 1. The first-order chi connectivity index (χ1) is 16.4. The number of piperazine rings is 2. The second kappa shape index (κ2) is 10.9. The van der Waals surface area contributed by atoms with Gasteiger partial charge in [0.25, 0.3) is 0 Å². The van der Waals surface area contributed by atoms with E-state index in [-0.39, 0.29) is 6.03 Å². The molecule has 2 aromatic rings. The monoisotopic (exact) mass is 477 g/mol. The van der Waals surface area contributed by atoms with Crippen molar-refractivity contribution in [3.05, 3.63) is 48.3 Å². The number of urea groups is 1. The van der Waals surface area contributed by atoms with Gasteiger partial charge in [0.15, 0.2) is 0 Å². The molecule has 2 aliphatic rings. The molecule has 8 nitrogen and oxygen atoms in total. The van der Waals surface area contributed by atoms with Crippen molar-refractivity contribution in [3.63, 3.8) is 0 Å². The fourth-order valence-corrected chi connectivity index (χ4v) is 4.28. The lowest BCUT2D eigenvalue weighted by atomic mass is 10.1. The third-order valence-electron chi connectivity index (χ3n) is 6.24. The van der Waals surface area contributed by atoms with Crippen LogP contribution in [-0.4, -0.2) is 91.2 Å². The minimum Gasteiger partial charge on any atom is -0.368 e. The minimum absolute atomic E-state index is 0.116. The molecule has 2 aliphatic heterocycles. The highest BCUT2D eigenvalue weighted by Gasteiger charge is 2.31. The highest BCUT2D eigenvalue weighted by Crippen LogP contribution is 2.31. The lowest BCUT2D eigenvalue weighted by Gasteiger charge is -2.36. The Kier molecular flexibility index (Phi) is 7.71. The molecule has 0 spiro atoms. The molecule has 0 atom stereocenters. The van der Waals surface area contributed by atoms with E-state index in [4.69, 9.17) is 0 Å². The summed E-state index contributed by atoms with van der Waals surface area (Å²) < 4.78 is 38.9. The molecule has 0 aliphatic carbocycles. The number of alkyl halides is 3. The van der Waals surface area contributed by atoms with E-state index in [1.165, 1.54) is 12.1 Å². The Morgan fingerprint density at radius 1 is 0.912 bits per heavy atom. The number of hydrogen-bond acceptors (Lipinski definition) is 6. The molecule has 0 unspecified atom stereocenters. The maximum atomic E-state index is 13.0. The quantitative estimate of drug-likeness (QED) is 0.645. The predicted molar refractivity (Wildman–Crippen MR) is 124 cm³/mol. The number of carbonyl (C=O) groups excluding carboxylic acids is 1. The Balaban J connectivity index is 1.13. The molecule has 0 bridgehead atoms. The average molecular weight is 478 g/mol. The number of benzene rings is 1. The third-order valence-corrected chi connectivity index (χ3v) is 6.24. The third kappa shape index (κ3) is 6.28. The van der Waals surface area contributed by atoms with Crippen LogP contribution in [0.3, 0.4) is 0 Å². The Hall–Kier alpha value is -3.08. The van der Waals surface area contributed by atoms with Gasteiger partial charge in [-0.15, -0.1) is 0 Å². The van der Waals surface area contributed by atoms with Gasteiger partial charge in [-0.3, -0.25) is 4.90 Å². The second-order valence-corrected chi connectivity index (χ2v) is 8.49. The van der Waals surface area contributed by atoms with Crippen molar-refractivity contribution in [2.75, 3.05) is 75.2 Å². The zero-order valence-corrected chi connectivity index (χ0v) is 19.0. The molecule has 1 N–H and O–H groups in total. The summed E-state index contributed by atoms with van der Waals surface area (Å²) >= 11 is 0. The lowest BCUT2D eigenvalue weighted by Crippen LogP contribution is -2.52. The van der Waals surface area contributed by atoms with Gasteiger partial charge in [0.05, 0.1) is 5.56 Å². The Morgan fingerprint density at radius 2 is 1.59 bits per heavy atom. The normalized spacial score (nSPS) is 17.7. The average Bonchev–Trinajstić information content (AvgIpc) is 2.87. The molecule has 0 radical (unpaired) electrons. The number of amides is 2. The largest absolute Gasteiger partial charge is 0.416 e. The number of aromatic nitrogens is 2. The van der Waals surface area contributed by atoms with E-state index in [0.717, 1.165) is 51.2 Å². The first-order valence-corrected chi connectivity index (χ1v) is 11.6. The van der Waals surface area contributed by atoms with Crippen LogP contribution in [0.25, 0.3) is 0 Å². The molecule has 2 amide bonds. The van der Waals surface area contributed by atoms with E-state index >= 15 is 0 Å². The van der Waals surface area contributed by atoms with Gasteiger partial charge < -0.3 is 20.0 Å². The summed E-state index contributed by atoms with van der Waals surface area (Å²) in [6.45, 7) is 7.10. The summed E-state index contributed by atoms with van der Waals surface area (Å²) in [5.41, 5.74) is -0.117. The number of nitrogens with one attached hydrogen (secondary N) is 1. The van der Waals surface area contributed by atoms with E-state index in [1.54, 1.807) is 23.4 Å². The summed E-state index contributed by atoms with van der Waals surface area (Å²) in [4.78, 5) is 29.3. The predicted octanol–water partition coefficient (Wildman–Crippen LogP) is 2.54. The van der Waals surface area contributed by atoms with Gasteiger partial charge in [-0.25, -0.2) is 14.8 Å². The first-order valence-electron chi connectivity index (χ1n) is 11.6. The van der Waals surface area contributed by atoms with Crippen LogP contribution < -0.4 is 15.1 Å². The Bertz CT molecular complexity index is 928. The fourth-order valence-electron chi connectivity index (χ4n) is 4.28. The van der Waals surface area contributed by atoms with Gasteiger partial charge in [0.1, 0.15) is 0 Å². The molecule has 4 rings (SSSR count). The van der Waals surface area contributed by atoms with Crippen molar-refractivity contribution < 1.29 is 18.0 Å². The maximum Gasteiger partial charge on any atom is 0.416 e. The minimum atomic E-state index is -4.36. The molecular weight excluding hydrogens is 447 g/mol. The zero-order chi connectivity index (χ0) is 24.0. The van der Waals surface area contributed by atoms with Gasteiger partial charge in [-0.1, -0.05) is 6.07 Å². The Labute approximate surface area is 197 Å². The van der Waals surface area contributed by atoms with Crippen molar-refractivity contribution in [2.24, 2.45) is 0 Å². The maximum absolute atomic E-state index is 13.0. The van der Waals surface area contributed by atoms with E-state index < -0.39 is 11.7 Å². The fraction of sp³-hybridized carbons (Fsp3) is 0.522. The second-order valence-electron chi connectivity index (χ2n) is 8.49. The highest BCUT2D eigenvalue weighted by molar-refractivity contribution is 5.74. The number of halogens is 3. The van der Waals surface area contributed by atoms with Crippen LogP contribution in [0.4, 0.5) is 29.6 Å². The van der Waals surface area contributed by atoms with Crippen molar-refractivity contribution in [2.45, 2.75) is 12.6 Å². The standard InChI is InChI=1S/C23H30F3N7O/c24-23(25,26)19-4-1-5-20(18-19)31-14-16-33(17-15-31)22(34)29-8-3-9-30-10-12-32(13-11-30)21-27-6-2-7-28-21/h1-2,4-7,18H,3,8-17H2,(H,29,34). The topological polar surface area (TPSA) is 67.8 Å². The molecule has 11 heteroatoms. The molecule has 1 aromatic heterocycles. The molecule has 34 heavy (non-hydrogen) atoms. The van der Waals surface area contributed by atoms with E-state index in [9.17, 15) is 18.0 Å². The molecule has 2 fully saturated rings. The van der Waals surface area contributed by atoms with Gasteiger partial charge in [-0.2, -0.15) is 13.2 Å². The summed E-state index contributed by atoms with van der Waals surface area (Å²) in [6.07, 6.45) is 0.00455. The number of anilines is 2. The highest BCUT2D eigenvalue weighted by atomic mass is 19.4. The SMILES string of the molecule is O=C(NCCCN1CCN(c2ncccn2)CC1)N1CCN(c2cccc(C(F)(F)F)c2)CC1. The van der Waals surface area contributed by atoms with Crippen LogP contribution in [0.5, 0.6) is 0 Å². The van der Waals surface area contributed by atoms with E-state index in [2.05, 4.69) is 25.1 Å². The molecule has 184 valence electrons. The number of carbonyl (C=O) groups is 1. The van der Waals surface area contributed by atoms with Crippen LogP contribution in [0.1, 0.15) is 12.0 Å². The summed E-state index contributed by atoms with van der Waals surface area (Å²) in [7, 11) is 0. The summed E-state index contributed by atoms with van der Waals surface area (Å²) in [5.74, 6) is 0.766. The molecular formula is C23H30F3N7O. The van der Waals surface area contributed by atoms with Crippen molar-refractivity contribution in [1.29, 1.82) is 0 Å². The number of rotatable bonds is 6. The molecule has 1 aromatic carbocycles. The van der Waals surface area contributed by atoms with Crippen LogP contribution >= 0.6 is 0 Å². The summed E-state index contributed by atoms with van der Waals surface area (Å²) in [6, 6.07) is 7.04. The molecule has 2 saturated heterocycles. The van der Waals surface area contributed by atoms with Crippen LogP contribution in [0, 0.1) is 0 Å². The van der Waals surface area contributed by atoms with Crippen LogP contribution in [0.15, 0.2) is 42.7 Å². The van der Waals surface area contributed by atoms with Crippen molar-refractivity contribution in [3.8, 4) is 0 Å². The van der Waals surface area contributed by atoms with Gasteiger partial charge in [0.2, 0.25) is 5.95 Å². The van der Waals surface area contributed by atoms with E-state index in [0.29, 0.717) is 38.4 Å². The smallest absolute Gasteiger partial charge is 0.368 e. The lowest BCUT2D eigenvalue weighted by molar-refractivity contribution is -0.137. The van der Waals surface area contributed by atoms with Crippen LogP contribution in [-0.2, 0) is 6.18 Å². The Morgan fingerprint density at radius 3 is 2.26 bits per heavy atom. The number of nitrogens with zero attached hydrogens (tertiary/aromatic N) is 6. The van der Waals surface area contributed by atoms with Gasteiger partial charge in [0, 0.05) is 77.0 Å². The van der Waals surface area contributed by atoms with Crippen molar-refractivity contribution in [1.82, 2.24) is 25.1 Å².